The Morgan fingerprint density at radius 3 is 2.62 bits per heavy atom. The average Bonchev–Trinajstić information content (AvgIpc) is 2.99. The van der Waals surface area contributed by atoms with Gasteiger partial charge < -0.3 is 10.6 Å². The fraction of sp³-hybridized carbons (Fsp3) is 0.611. The zero-order chi connectivity index (χ0) is 18.1. The fourth-order valence-corrected chi connectivity index (χ4v) is 2.99. The van der Waals surface area contributed by atoms with Gasteiger partial charge in [-0.15, -0.1) is 24.0 Å². The van der Waals surface area contributed by atoms with Crippen LogP contribution in [0.15, 0.2) is 35.3 Å². The Morgan fingerprint density at radius 2 is 1.96 bits per heavy atom. The second-order valence-corrected chi connectivity index (χ2v) is 6.26. The summed E-state index contributed by atoms with van der Waals surface area (Å²) in [6.07, 6.45) is -2.81. The molecule has 2 rings (SSSR count). The third kappa shape index (κ3) is 8.57. The Balaban J connectivity index is 0.00000338. The Hall–Kier alpha value is -1.03. The Labute approximate surface area is 170 Å². The highest BCUT2D eigenvalue weighted by atomic mass is 127. The summed E-state index contributed by atoms with van der Waals surface area (Å²) in [4.78, 5) is 6.89. The van der Waals surface area contributed by atoms with E-state index in [1.807, 2.05) is 25.1 Å². The van der Waals surface area contributed by atoms with Crippen LogP contribution in [0.4, 0.5) is 13.2 Å². The number of likely N-dealkylation sites (tertiary alicyclic amines) is 1. The molecule has 148 valence electrons. The first-order valence-corrected chi connectivity index (χ1v) is 8.85. The van der Waals surface area contributed by atoms with Gasteiger partial charge in [-0.05, 0) is 31.9 Å². The Bertz CT molecular complexity index is 537. The largest absolute Gasteiger partial charge is 0.390 e. The molecule has 1 aliphatic rings. The molecule has 26 heavy (non-hydrogen) atoms. The van der Waals surface area contributed by atoms with Crippen LogP contribution in [0.25, 0.3) is 0 Å². The molecule has 0 spiro atoms. The minimum atomic E-state index is -4.15. The summed E-state index contributed by atoms with van der Waals surface area (Å²) < 4.78 is 36.8. The first-order chi connectivity index (χ1) is 12.0. The lowest BCUT2D eigenvalue weighted by Crippen LogP contribution is -2.40. The molecule has 1 saturated heterocycles. The number of halogens is 4. The van der Waals surface area contributed by atoms with Gasteiger partial charge in [-0.3, -0.25) is 9.89 Å². The highest BCUT2D eigenvalue weighted by molar-refractivity contribution is 14.0. The second-order valence-electron chi connectivity index (χ2n) is 6.26. The first-order valence-electron chi connectivity index (χ1n) is 8.85. The van der Waals surface area contributed by atoms with Crippen molar-refractivity contribution in [2.75, 3.05) is 26.2 Å². The van der Waals surface area contributed by atoms with Crippen molar-refractivity contribution < 1.29 is 13.2 Å². The number of benzene rings is 1. The van der Waals surface area contributed by atoms with E-state index in [2.05, 4.69) is 32.7 Å². The molecule has 1 aliphatic heterocycles. The smallest absolute Gasteiger partial charge is 0.357 e. The second kappa shape index (κ2) is 11.6. The van der Waals surface area contributed by atoms with E-state index in [1.165, 1.54) is 5.56 Å². The van der Waals surface area contributed by atoms with Crippen molar-refractivity contribution in [3.05, 3.63) is 35.9 Å². The maximum atomic E-state index is 12.3. The molecule has 8 heteroatoms. The van der Waals surface area contributed by atoms with E-state index in [-0.39, 0.29) is 30.5 Å². The van der Waals surface area contributed by atoms with E-state index < -0.39 is 12.6 Å². The van der Waals surface area contributed by atoms with Crippen LogP contribution in [-0.2, 0) is 6.54 Å². The number of guanidine groups is 1. The maximum absolute atomic E-state index is 12.3. The van der Waals surface area contributed by atoms with Gasteiger partial charge in [0.05, 0.1) is 13.0 Å². The van der Waals surface area contributed by atoms with Crippen LogP contribution in [0.5, 0.6) is 0 Å². The Kier molecular flexibility index (Phi) is 10.3. The summed E-state index contributed by atoms with van der Waals surface area (Å²) in [6.45, 7) is 4.88. The highest BCUT2D eigenvalue weighted by Gasteiger charge is 2.27. The molecule has 1 aromatic carbocycles. The van der Waals surface area contributed by atoms with Crippen LogP contribution in [0.1, 0.15) is 31.7 Å². The fourth-order valence-electron chi connectivity index (χ4n) is 2.99. The van der Waals surface area contributed by atoms with Gasteiger partial charge >= 0.3 is 6.18 Å². The van der Waals surface area contributed by atoms with E-state index >= 15 is 0 Å². The Morgan fingerprint density at radius 1 is 1.23 bits per heavy atom. The average molecular weight is 484 g/mol. The molecule has 1 heterocycles. The predicted octanol–water partition coefficient (Wildman–Crippen LogP) is 3.78. The number of hydrogen-bond acceptors (Lipinski definition) is 2. The number of alkyl halides is 3. The number of aliphatic imine (C=N–C) groups is 1. The van der Waals surface area contributed by atoms with Crippen molar-refractivity contribution in [3.8, 4) is 0 Å². The van der Waals surface area contributed by atoms with Crippen molar-refractivity contribution in [3.63, 3.8) is 0 Å². The summed E-state index contributed by atoms with van der Waals surface area (Å²) in [5.41, 5.74) is 1.27. The number of hydrogen-bond donors (Lipinski definition) is 2. The molecule has 1 unspecified atom stereocenters. The number of nitrogens with one attached hydrogen (secondary N) is 2. The first kappa shape index (κ1) is 23.0. The van der Waals surface area contributed by atoms with Gasteiger partial charge in [-0.25, -0.2) is 0 Å². The number of nitrogens with zero attached hydrogens (tertiary/aromatic N) is 2. The SMILES string of the molecule is CCNC(=NCC1CCCN1Cc1ccccc1)NCCC(F)(F)F.I. The van der Waals surface area contributed by atoms with E-state index in [4.69, 9.17) is 0 Å². The monoisotopic (exact) mass is 484 g/mol. The maximum Gasteiger partial charge on any atom is 0.390 e. The van der Waals surface area contributed by atoms with E-state index in [9.17, 15) is 13.2 Å². The molecular formula is C18H28F3IN4. The van der Waals surface area contributed by atoms with Gasteiger partial charge in [-0.2, -0.15) is 13.2 Å². The van der Waals surface area contributed by atoms with E-state index in [0.29, 0.717) is 25.1 Å². The zero-order valence-electron chi connectivity index (χ0n) is 15.1. The predicted molar refractivity (Wildman–Crippen MR) is 110 cm³/mol. The van der Waals surface area contributed by atoms with Crippen LogP contribution in [0.3, 0.4) is 0 Å². The zero-order valence-corrected chi connectivity index (χ0v) is 17.4. The number of rotatable bonds is 7. The lowest BCUT2D eigenvalue weighted by molar-refractivity contribution is -0.132. The van der Waals surface area contributed by atoms with Crippen molar-refractivity contribution in [2.24, 2.45) is 4.99 Å². The molecule has 0 radical (unpaired) electrons. The topological polar surface area (TPSA) is 39.7 Å². The summed E-state index contributed by atoms with van der Waals surface area (Å²) in [5, 5.41) is 5.78. The van der Waals surface area contributed by atoms with Crippen LogP contribution < -0.4 is 10.6 Å². The van der Waals surface area contributed by atoms with Gasteiger partial charge in [0.2, 0.25) is 0 Å². The summed E-state index contributed by atoms with van der Waals surface area (Å²) in [7, 11) is 0. The summed E-state index contributed by atoms with van der Waals surface area (Å²) >= 11 is 0. The van der Waals surface area contributed by atoms with Gasteiger partial charge in [-0.1, -0.05) is 30.3 Å². The van der Waals surface area contributed by atoms with Gasteiger partial charge in [0.15, 0.2) is 5.96 Å². The van der Waals surface area contributed by atoms with E-state index in [1.54, 1.807) is 0 Å². The molecule has 2 N–H and O–H groups in total. The van der Waals surface area contributed by atoms with Crippen molar-refractivity contribution in [1.29, 1.82) is 0 Å². The minimum Gasteiger partial charge on any atom is -0.357 e. The van der Waals surface area contributed by atoms with Crippen LogP contribution in [-0.4, -0.2) is 49.3 Å². The molecule has 0 saturated carbocycles. The van der Waals surface area contributed by atoms with Gasteiger partial charge in [0.1, 0.15) is 0 Å². The van der Waals surface area contributed by atoms with Crippen LogP contribution in [0, 0.1) is 0 Å². The quantitative estimate of drug-likeness (QED) is 0.352. The van der Waals surface area contributed by atoms with Crippen molar-refractivity contribution in [2.45, 2.75) is 44.9 Å². The molecule has 0 amide bonds. The molecule has 0 aromatic heterocycles. The summed E-state index contributed by atoms with van der Waals surface area (Å²) in [5.74, 6) is 0.457. The molecule has 1 atom stereocenters. The standard InChI is InChI=1S/C18H27F3N4.HI/c1-2-22-17(23-11-10-18(19,20)21)24-13-16-9-6-12-25(16)14-15-7-4-3-5-8-15;/h3-5,7-8,16H,2,6,9-14H2,1H3,(H2,22,23,24);1H. The third-order valence-corrected chi connectivity index (χ3v) is 4.23. The van der Waals surface area contributed by atoms with Crippen molar-refractivity contribution in [1.82, 2.24) is 15.5 Å². The minimum absolute atomic E-state index is 0. The van der Waals surface area contributed by atoms with Crippen LogP contribution >= 0.6 is 24.0 Å². The summed E-state index contributed by atoms with van der Waals surface area (Å²) in [6, 6.07) is 10.6. The third-order valence-electron chi connectivity index (χ3n) is 4.23. The van der Waals surface area contributed by atoms with E-state index in [0.717, 1.165) is 25.9 Å². The highest BCUT2D eigenvalue weighted by Crippen LogP contribution is 2.20. The normalized spacial score (nSPS) is 18.5. The van der Waals surface area contributed by atoms with Gasteiger partial charge in [0.25, 0.3) is 0 Å². The molecule has 1 fully saturated rings. The molecule has 4 nitrogen and oxygen atoms in total. The molecular weight excluding hydrogens is 456 g/mol. The molecule has 0 aliphatic carbocycles. The van der Waals surface area contributed by atoms with Crippen molar-refractivity contribution >= 4 is 29.9 Å². The molecule has 0 bridgehead atoms. The van der Waals surface area contributed by atoms with Gasteiger partial charge in [0, 0.05) is 25.7 Å². The molecule has 1 aromatic rings. The lowest BCUT2D eigenvalue weighted by atomic mass is 10.2. The lowest BCUT2D eigenvalue weighted by Gasteiger charge is -2.23. The van der Waals surface area contributed by atoms with Crippen LogP contribution in [0.2, 0.25) is 0 Å².